The van der Waals surface area contributed by atoms with Crippen LogP contribution < -0.4 is 10.2 Å². The molecule has 1 N–H and O–H groups in total. The van der Waals surface area contributed by atoms with Crippen molar-refractivity contribution in [2.45, 2.75) is 13.3 Å². The second-order valence-corrected chi connectivity index (χ2v) is 6.14. The van der Waals surface area contributed by atoms with Crippen LogP contribution in [0.1, 0.15) is 12.5 Å². The molecule has 2 amide bonds. The number of hydrogen-bond acceptors (Lipinski definition) is 4. The van der Waals surface area contributed by atoms with Crippen molar-refractivity contribution in [3.63, 3.8) is 0 Å². The van der Waals surface area contributed by atoms with Gasteiger partial charge in [0.25, 0.3) is 0 Å². The number of amides is 2. The van der Waals surface area contributed by atoms with Gasteiger partial charge in [-0.3, -0.25) is 0 Å². The van der Waals surface area contributed by atoms with Gasteiger partial charge in [-0.1, -0.05) is 19.1 Å². The van der Waals surface area contributed by atoms with E-state index in [1.54, 1.807) is 11.3 Å². The minimum atomic E-state index is -0.0250. The normalized spacial score (nSPS) is 15.0. The Morgan fingerprint density at radius 3 is 2.55 bits per heavy atom. The quantitative estimate of drug-likeness (QED) is 0.947. The first-order valence-electron chi connectivity index (χ1n) is 7.55. The molecular weight excluding hydrogens is 296 g/mol. The van der Waals surface area contributed by atoms with Crippen LogP contribution in [-0.2, 0) is 6.42 Å². The van der Waals surface area contributed by atoms with Gasteiger partial charge in [0.2, 0.25) is 0 Å². The summed E-state index contributed by atoms with van der Waals surface area (Å²) >= 11 is 1.64. The van der Waals surface area contributed by atoms with Gasteiger partial charge in [-0.2, -0.15) is 0 Å². The second-order valence-electron chi connectivity index (χ2n) is 5.27. The lowest BCUT2D eigenvalue weighted by Crippen LogP contribution is -2.50. The van der Waals surface area contributed by atoms with E-state index in [0.717, 1.165) is 43.4 Å². The average Bonchev–Trinajstić information content (AvgIpc) is 3.10. The summed E-state index contributed by atoms with van der Waals surface area (Å²) in [6, 6.07) is 8.00. The molecule has 1 aliphatic rings. The molecule has 1 aromatic carbocycles. The lowest BCUT2D eigenvalue weighted by atomic mass is 10.1. The molecule has 22 heavy (non-hydrogen) atoms. The maximum atomic E-state index is 12.3. The van der Waals surface area contributed by atoms with E-state index >= 15 is 0 Å². The Bertz CT molecular complexity index is 604. The number of nitrogens with one attached hydrogen (secondary N) is 1. The maximum absolute atomic E-state index is 12.3. The van der Waals surface area contributed by atoms with Crippen LogP contribution >= 0.6 is 11.3 Å². The van der Waals surface area contributed by atoms with E-state index in [-0.39, 0.29) is 6.03 Å². The van der Waals surface area contributed by atoms with Gasteiger partial charge >= 0.3 is 6.03 Å². The Morgan fingerprint density at radius 2 is 1.95 bits per heavy atom. The Labute approximate surface area is 134 Å². The van der Waals surface area contributed by atoms with E-state index in [1.807, 2.05) is 28.6 Å². The Morgan fingerprint density at radius 1 is 1.23 bits per heavy atom. The first-order valence-corrected chi connectivity index (χ1v) is 8.43. The first kappa shape index (κ1) is 14.8. The van der Waals surface area contributed by atoms with E-state index < -0.39 is 0 Å². The standard InChI is InChI=1S/C16H20N4OS/c1-2-13-3-5-14(6-4-13)18-15(21)19-8-10-20(11-9-19)16-17-7-12-22-16/h3-7,12H,2,8-11H2,1H3,(H,18,21). The predicted molar refractivity (Wildman–Crippen MR) is 90.7 cm³/mol. The summed E-state index contributed by atoms with van der Waals surface area (Å²) in [6.45, 7) is 5.22. The van der Waals surface area contributed by atoms with Gasteiger partial charge in [-0.25, -0.2) is 9.78 Å². The van der Waals surface area contributed by atoms with Crippen molar-refractivity contribution in [1.29, 1.82) is 0 Å². The van der Waals surface area contributed by atoms with Gasteiger partial charge in [0.05, 0.1) is 0 Å². The summed E-state index contributed by atoms with van der Waals surface area (Å²) in [6.07, 6.45) is 2.83. The summed E-state index contributed by atoms with van der Waals surface area (Å²) in [4.78, 5) is 20.7. The highest BCUT2D eigenvalue weighted by molar-refractivity contribution is 7.13. The Kier molecular flexibility index (Phi) is 4.58. The van der Waals surface area contributed by atoms with E-state index in [1.165, 1.54) is 5.56 Å². The van der Waals surface area contributed by atoms with Crippen LogP contribution in [0, 0.1) is 0 Å². The third-order valence-corrected chi connectivity index (χ3v) is 4.70. The SMILES string of the molecule is CCc1ccc(NC(=O)N2CCN(c3nccs3)CC2)cc1. The topological polar surface area (TPSA) is 48.5 Å². The highest BCUT2D eigenvalue weighted by Gasteiger charge is 2.22. The molecule has 0 saturated carbocycles. The van der Waals surface area contributed by atoms with E-state index in [0.29, 0.717) is 0 Å². The molecule has 1 fully saturated rings. The molecule has 3 rings (SSSR count). The van der Waals surface area contributed by atoms with Crippen LogP contribution in [0.5, 0.6) is 0 Å². The van der Waals surface area contributed by atoms with Gasteiger partial charge in [0.15, 0.2) is 5.13 Å². The van der Waals surface area contributed by atoms with Crippen molar-refractivity contribution in [2.75, 3.05) is 36.4 Å². The number of rotatable bonds is 3. The number of anilines is 2. The van der Waals surface area contributed by atoms with Crippen molar-refractivity contribution in [2.24, 2.45) is 0 Å². The van der Waals surface area contributed by atoms with Gasteiger partial charge in [-0.15, -0.1) is 11.3 Å². The fourth-order valence-electron chi connectivity index (χ4n) is 2.50. The summed E-state index contributed by atoms with van der Waals surface area (Å²) in [5, 5.41) is 5.99. The van der Waals surface area contributed by atoms with Crippen molar-refractivity contribution in [3.05, 3.63) is 41.4 Å². The molecule has 1 aliphatic heterocycles. The van der Waals surface area contributed by atoms with Crippen molar-refractivity contribution in [1.82, 2.24) is 9.88 Å². The zero-order chi connectivity index (χ0) is 15.4. The zero-order valence-electron chi connectivity index (χ0n) is 12.7. The molecule has 0 atom stereocenters. The van der Waals surface area contributed by atoms with Crippen molar-refractivity contribution < 1.29 is 4.79 Å². The van der Waals surface area contributed by atoms with Gasteiger partial charge < -0.3 is 15.1 Å². The van der Waals surface area contributed by atoms with Crippen LogP contribution in [-0.4, -0.2) is 42.1 Å². The van der Waals surface area contributed by atoms with E-state index in [4.69, 9.17) is 0 Å². The van der Waals surface area contributed by atoms with Crippen LogP contribution in [0.3, 0.4) is 0 Å². The molecule has 2 heterocycles. The minimum absolute atomic E-state index is 0.0250. The zero-order valence-corrected chi connectivity index (χ0v) is 13.5. The Balaban J connectivity index is 1.53. The summed E-state index contributed by atoms with van der Waals surface area (Å²) < 4.78 is 0. The smallest absolute Gasteiger partial charge is 0.321 e. The highest BCUT2D eigenvalue weighted by atomic mass is 32.1. The number of carbonyl (C=O) groups is 1. The highest BCUT2D eigenvalue weighted by Crippen LogP contribution is 2.19. The molecule has 116 valence electrons. The number of carbonyl (C=O) groups excluding carboxylic acids is 1. The largest absolute Gasteiger partial charge is 0.345 e. The van der Waals surface area contributed by atoms with Crippen molar-refractivity contribution >= 4 is 28.2 Å². The monoisotopic (exact) mass is 316 g/mol. The molecule has 0 radical (unpaired) electrons. The lowest BCUT2D eigenvalue weighted by molar-refractivity contribution is 0.208. The number of piperazine rings is 1. The second kappa shape index (κ2) is 6.79. The predicted octanol–water partition coefficient (Wildman–Crippen LogP) is 3.06. The number of thiazole rings is 1. The third kappa shape index (κ3) is 3.39. The third-order valence-electron chi connectivity index (χ3n) is 3.87. The first-order chi connectivity index (χ1) is 10.8. The minimum Gasteiger partial charge on any atom is -0.345 e. The maximum Gasteiger partial charge on any atom is 0.321 e. The number of aryl methyl sites for hydroxylation is 1. The molecule has 6 heteroatoms. The summed E-state index contributed by atoms with van der Waals surface area (Å²) in [5.74, 6) is 0. The molecule has 0 bridgehead atoms. The van der Waals surface area contributed by atoms with Crippen LogP contribution in [0.15, 0.2) is 35.8 Å². The Hall–Kier alpha value is -2.08. The molecule has 1 saturated heterocycles. The number of urea groups is 1. The lowest BCUT2D eigenvalue weighted by Gasteiger charge is -2.34. The molecule has 5 nitrogen and oxygen atoms in total. The van der Waals surface area contributed by atoms with Gasteiger partial charge in [0, 0.05) is 43.4 Å². The number of benzene rings is 1. The van der Waals surface area contributed by atoms with Gasteiger partial charge in [0.1, 0.15) is 0 Å². The van der Waals surface area contributed by atoms with Crippen LogP contribution in [0.25, 0.3) is 0 Å². The fraction of sp³-hybridized carbons (Fsp3) is 0.375. The molecule has 2 aromatic rings. The number of nitrogens with zero attached hydrogens (tertiary/aromatic N) is 3. The molecule has 1 aromatic heterocycles. The van der Waals surface area contributed by atoms with Crippen LogP contribution in [0.2, 0.25) is 0 Å². The number of aromatic nitrogens is 1. The van der Waals surface area contributed by atoms with E-state index in [2.05, 4.69) is 34.3 Å². The number of hydrogen-bond donors (Lipinski definition) is 1. The average molecular weight is 316 g/mol. The van der Waals surface area contributed by atoms with Crippen molar-refractivity contribution in [3.8, 4) is 0 Å². The fourth-order valence-corrected chi connectivity index (χ4v) is 3.20. The molecular formula is C16H20N4OS. The summed E-state index contributed by atoms with van der Waals surface area (Å²) in [5.41, 5.74) is 2.12. The molecule has 0 unspecified atom stereocenters. The van der Waals surface area contributed by atoms with Gasteiger partial charge in [-0.05, 0) is 24.1 Å². The molecule has 0 aliphatic carbocycles. The van der Waals surface area contributed by atoms with Crippen LogP contribution in [0.4, 0.5) is 15.6 Å². The van der Waals surface area contributed by atoms with E-state index in [9.17, 15) is 4.79 Å². The summed E-state index contributed by atoms with van der Waals surface area (Å²) in [7, 11) is 0. The molecule has 0 spiro atoms.